The molecule has 0 spiro atoms. The summed E-state index contributed by atoms with van der Waals surface area (Å²) in [5, 5.41) is 2.61. The average molecular weight is 210 g/mol. The second-order valence-electron chi connectivity index (χ2n) is 3.50. The molecule has 0 unspecified atom stereocenters. The van der Waals surface area contributed by atoms with E-state index in [4.69, 9.17) is 10.5 Å². The minimum Gasteiger partial charge on any atom is -0.489 e. The molecule has 0 radical (unpaired) electrons. The molecule has 2 rings (SSSR count). The van der Waals surface area contributed by atoms with Gasteiger partial charge < -0.3 is 15.8 Å². The van der Waals surface area contributed by atoms with Gasteiger partial charge in [-0.25, -0.2) is 4.39 Å². The summed E-state index contributed by atoms with van der Waals surface area (Å²) >= 11 is 0. The van der Waals surface area contributed by atoms with Crippen LogP contribution in [0.4, 0.5) is 10.1 Å². The van der Waals surface area contributed by atoms with Crippen molar-refractivity contribution in [3.63, 3.8) is 0 Å². The van der Waals surface area contributed by atoms with Crippen LogP contribution in [0.25, 0.3) is 0 Å². The Morgan fingerprint density at radius 2 is 2.33 bits per heavy atom. The van der Waals surface area contributed by atoms with Crippen molar-refractivity contribution in [2.75, 3.05) is 11.9 Å². The lowest BCUT2D eigenvalue weighted by Crippen LogP contribution is -2.38. The maximum atomic E-state index is 13.1. The second kappa shape index (κ2) is 3.51. The molecule has 15 heavy (non-hydrogen) atoms. The highest BCUT2D eigenvalue weighted by Crippen LogP contribution is 2.31. The number of nitrogens with one attached hydrogen (secondary N) is 1. The Labute approximate surface area is 86.2 Å². The molecule has 0 aliphatic carbocycles. The molecule has 1 aromatic rings. The fourth-order valence-electron chi connectivity index (χ4n) is 1.46. The normalized spacial score (nSPS) is 19.9. The summed E-state index contributed by atoms with van der Waals surface area (Å²) in [5.41, 5.74) is 6.63. The average Bonchev–Trinajstić information content (AvgIpc) is 2.30. The number of hydrogen-bond acceptors (Lipinski definition) is 3. The number of hydrogen-bond donors (Lipinski definition) is 2. The van der Waals surface area contributed by atoms with Crippen molar-refractivity contribution < 1.29 is 13.9 Å². The molecule has 1 amide bonds. The zero-order valence-electron chi connectivity index (χ0n) is 8.21. The number of ether oxygens (including phenoxy) is 1. The maximum Gasteiger partial charge on any atom is 0.244 e. The highest BCUT2D eigenvalue weighted by Gasteiger charge is 2.22. The lowest BCUT2D eigenvalue weighted by molar-refractivity contribution is -0.117. The third-order valence-electron chi connectivity index (χ3n) is 2.27. The van der Waals surface area contributed by atoms with Gasteiger partial charge in [-0.3, -0.25) is 4.79 Å². The zero-order chi connectivity index (χ0) is 11.0. The van der Waals surface area contributed by atoms with Crippen molar-refractivity contribution >= 4 is 11.6 Å². The van der Waals surface area contributed by atoms with Crippen LogP contribution in [-0.4, -0.2) is 18.6 Å². The molecule has 0 saturated carbocycles. The quantitative estimate of drug-likeness (QED) is 0.665. The third-order valence-corrected chi connectivity index (χ3v) is 2.27. The molecule has 1 atom stereocenters. The van der Waals surface area contributed by atoms with E-state index in [-0.39, 0.29) is 12.5 Å². The third kappa shape index (κ3) is 1.78. The Hall–Kier alpha value is -1.62. The van der Waals surface area contributed by atoms with Crippen LogP contribution in [0, 0.1) is 12.7 Å². The molecule has 1 heterocycles. The number of halogens is 1. The number of carbonyl (C=O) groups excluding carboxylic acids is 1. The number of fused-ring (bicyclic) bond motifs is 1. The van der Waals surface area contributed by atoms with Gasteiger partial charge in [-0.1, -0.05) is 0 Å². The second-order valence-corrected chi connectivity index (χ2v) is 3.50. The molecule has 0 aromatic heterocycles. The van der Waals surface area contributed by atoms with Crippen LogP contribution < -0.4 is 15.8 Å². The van der Waals surface area contributed by atoms with Gasteiger partial charge in [-0.15, -0.1) is 0 Å². The topological polar surface area (TPSA) is 64.4 Å². The van der Waals surface area contributed by atoms with Crippen LogP contribution >= 0.6 is 0 Å². The molecule has 0 saturated heterocycles. The molecule has 0 bridgehead atoms. The first-order valence-corrected chi connectivity index (χ1v) is 4.57. The van der Waals surface area contributed by atoms with Gasteiger partial charge in [0.15, 0.2) is 0 Å². The monoisotopic (exact) mass is 210 g/mol. The SMILES string of the molecule is Cc1cc(F)cc2c1NC(=O)[C@@H](N)CO2. The number of anilines is 1. The van der Waals surface area contributed by atoms with Gasteiger partial charge >= 0.3 is 0 Å². The zero-order valence-corrected chi connectivity index (χ0v) is 8.21. The van der Waals surface area contributed by atoms with Crippen molar-refractivity contribution in [3.05, 3.63) is 23.5 Å². The largest absolute Gasteiger partial charge is 0.489 e. The van der Waals surface area contributed by atoms with Gasteiger partial charge in [0.1, 0.15) is 24.2 Å². The van der Waals surface area contributed by atoms with E-state index < -0.39 is 11.9 Å². The molecule has 4 nitrogen and oxygen atoms in total. The van der Waals surface area contributed by atoms with E-state index in [1.807, 2.05) is 0 Å². The Kier molecular flexibility index (Phi) is 2.32. The van der Waals surface area contributed by atoms with Gasteiger partial charge in [0, 0.05) is 6.07 Å². The summed E-state index contributed by atoms with van der Waals surface area (Å²) in [6.07, 6.45) is 0. The molecule has 1 aromatic carbocycles. The molecule has 3 N–H and O–H groups in total. The molecule has 80 valence electrons. The van der Waals surface area contributed by atoms with E-state index in [1.165, 1.54) is 12.1 Å². The summed E-state index contributed by atoms with van der Waals surface area (Å²) in [7, 11) is 0. The molecule has 1 aliphatic heterocycles. The first-order chi connectivity index (χ1) is 7.08. The van der Waals surface area contributed by atoms with E-state index in [0.717, 1.165) is 0 Å². The highest BCUT2D eigenvalue weighted by atomic mass is 19.1. The molecular formula is C10H11FN2O2. The van der Waals surface area contributed by atoms with E-state index in [2.05, 4.69) is 5.32 Å². The summed E-state index contributed by atoms with van der Waals surface area (Å²) < 4.78 is 18.3. The predicted octanol–water partition coefficient (Wildman–Crippen LogP) is 0.792. The number of nitrogens with two attached hydrogens (primary N) is 1. The highest BCUT2D eigenvalue weighted by molar-refractivity contribution is 5.97. The molecule has 1 aliphatic rings. The van der Waals surface area contributed by atoms with Crippen molar-refractivity contribution in [1.29, 1.82) is 0 Å². The minimum absolute atomic E-state index is 0.0573. The van der Waals surface area contributed by atoms with Crippen LogP contribution in [-0.2, 0) is 4.79 Å². The lowest BCUT2D eigenvalue weighted by Gasteiger charge is -2.09. The lowest BCUT2D eigenvalue weighted by atomic mass is 10.1. The molecule has 0 fully saturated rings. The van der Waals surface area contributed by atoms with E-state index in [1.54, 1.807) is 6.92 Å². The smallest absolute Gasteiger partial charge is 0.244 e. The Bertz CT molecular complexity index is 420. The molecule has 5 heteroatoms. The predicted molar refractivity (Wildman–Crippen MR) is 53.2 cm³/mol. The number of amides is 1. The first-order valence-electron chi connectivity index (χ1n) is 4.57. The summed E-state index contributed by atoms with van der Waals surface area (Å²) in [4.78, 5) is 11.4. The van der Waals surface area contributed by atoms with Crippen LogP contribution in [0.5, 0.6) is 5.75 Å². The Morgan fingerprint density at radius 3 is 3.07 bits per heavy atom. The summed E-state index contributed by atoms with van der Waals surface area (Å²) in [5.74, 6) is -0.381. The first kappa shape index (κ1) is 9.92. The van der Waals surface area contributed by atoms with Crippen LogP contribution in [0.3, 0.4) is 0 Å². The van der Waals surface area contributed by atoms with Gasteiger partial charge in [0.05, 0.1) is 5.69 Å². The van der Waals surface area contributed by atoms with Gasteiger partial charge in [-0.2, -0.15) is 0 Å². The van der Waals surface area contributed by atoms with Crippen molar-refractivity contribution in [1.82, 2.24) is 0 Å². The van der Waals surface area contributed by atoms with E-state index in [0.29, 0.717) is 17.0 Å². The van der Waals surface area contributed by atoms with Crippen LogP contribution in [0.1, 0.15) is 5.56 Å². The van der Waals surface area contributed by atoms with E-state index in [9.17, 15) is 9.18 Å². The number of aryl methyl sites for hydroxylation is 1. The van der Waals surface area contributed by atoms with Crippen molar-refractivity contribution in [2.45, 2.75) is 13.0 Å². The number of benzene rings is 1. The Balaban J connectivity index is 2.47. The fourth-order valence-corrected chi connectivity index (χ4v) is 1.46. The van der Waals surface area contributed by atoms with Crippen molar-refractivity contribution in [3.8, 4) is 5.75 Å². The fraction of sp³-hybridized carbons (Fsp3) is 0.300. The Morgan fingerprint density at radius 1 is 1.60 bits per heavy atom. The molecular weight excluding hydrogens is 199 g/mol. The number of carbonyl (C=O) groups is 1. The van der Waals surface area contributed by atoms with Gasteiger partial charge in [0.25, 0.3) is 0 Å². The summed E-state index contributed by atoms with van der Waals surface area (Å²) in [6, 6.07) is 1.85. The van der Waals surface area contributed by atoms with Crippen molar-refractivity contribution in [2.24, 2.45) is 5.73 Å². The van der Waals surface area contributed by atoms with Gasteiger partial charge in [-0.05, 0) is 18.6 Å². The number of rotatable bonds is 0. The van der Waals surface area contributed by atoms with Gasteiger partial charge in [0.2, 0.25) is 5.91 Å². The summed E-state index contributed by atoms with van der Waals surface area (Å²) in [6.45, 7) is 1.75. The van der Waals surface area contributed by atoms with E-state index >= 15 is 0 Å². The minimum atomic E-state index is -0.722. The maximum absolute atomic E-state index is 13.1. The van der Waals surface area contributed by atoms with Crippen LogP contribution in [0.15, 0.2) is 12.1 Å². The standard InChI is InChI=1S/C10H11FN2O2/c1-5-2-6(11)3-8-9(5)13-10(14)7(12)4-15-8/h2-3,7H,4,12H2,1H3,(H,13,14)/t7-/m0/s1. The van der Waals surface area contributed by atoms with Crippen LogP contribution in [0.2, 0.25) is 0 Å².